The van der Waals surface area contributed by atoms with Gasteiger partial charge in [0, 0.05) is 6.61 Å². The van der Waals surface area contributed by atoms with Gasteiger partial charge in [-0.25, -0.2) is 0 Å². The van der Waals surface area contributed by atoms with Gasteiger partial charge in [-0.15, -0.1) is 0 Å². The van der Waals surface area contributed by atoms with E-state index in [1.54, 1.807) is 0 Å². The van der Waals surface area contributed by atoms with Gasteiger partial charge in [-0.1, -0.05) is 67.4 Å². The minimum atomic E-state index is 0.721. The zero-order valence-electron chi connectivity index (χ0n) is 12.1. The maximum atomic E-state index is 5.67. The largest absolute Gasteiger partial charge is 0.377 e. The number of rotatable bonds is 9. The van der Waals surface area contributed by atoms with Crippen LogP contribution in [0.2, 0.25) is 0 Å². The maximum Gasteiger partial charge on any atom is 0.0716 e. The molecule has 0 fully saturated rings. The third kappa shape index (κ3) is 6.03. The summed E-state index contributed by atoms with van der Waals surface area (Å²) in [6, 6.07) is 21.7. The highest BCUT2D eigenvalue weighted by Crippen LogP contribution is 2.08. The van der Waals surface area contributed by atoms with Gasteiger partial charge >= 0.3 is 0 Å². The zero-order chi connectivity index (χ0) is 13.9. The summed E-state index contributed by atoms with van der Waals surface area (Å²) < 4.78 is 5.67. The summed E-state index contributed by atoms with van der Waals surface area (Å²) in [6.45, 7) is 1.59. The van der Waals surface area contributed by atoms with Crippen molar-refractivity contribution in [2.24, 2.45) is 0 Å². The Labute approximate surface area is 122 Å². The number of hydrogen-bond donors (Lipinski definition) is 0. The van der Waals surface area contributed by atoms with E-state index in [-0.39, 0.29) is 0 Å². The second-order valence-electron chi connectivity index (χ2n) is 5.11. The van der Waals surface area contributed by atoms with Gasteiger partial charge in [0.05, 0.1) is 6.61 Å². The van der Waals surface area contributed by atoms with Crippen LogP contribution in [0.4, 0.5) is 0 Å². The Hall–Kier alpha value is -1.60. The predicted molar refractivity (Wildman–Crippen MR) is 83.5 cm³/mol. The van der Waals surface area contributed by atoms with Crippen LogP contribution in [0.25, 0.3) is 0 Å². The lowest BCUT2D eigenvalue weighted by molar-refractivity contribution is 0.116. The molecule has 1 heteroatoms. The zero-order valence-corrected chi connectivity index (χ0v) is 12.1. The lowest BCUT2D eigenvalue weighted by Crippen LogP contribution is -1.95. The minimum absolute atomic E-state index is 0.721. The topological polar surface area (TPSA) is 9.23 Å². The first-order valence-corrected chi connectivity index (χ1v) is 7.52. The molecule has 2 rings (SSSR count). The number of benzene rings is 2. The molecule has 0 saturated carbocycles. The van der Waals surface area contributed by atoms with Crippen molar-refractivity contribution in [1.82, 2.24) is 0 Å². The van der Waals surface area contributed by atoms with E-state index in [0.717, 1.165) is 19.6 Å². The molecule has 0 aromatic heterocycles. The molecule has 1 radical (unpaired) electrons. The van der Waals surface area contributed by atoms with Gasteiger partial charge in [0.25, 0.3) is 0 Å². The normalized spacial score (nSPS) is 10.6. The fourth-order valence-corrected chi connectivity index (χ4v) is 2.24. The maximum absolute atomic E-state index is 5.67. The highest BCUT2D eigenvalue weighted by atomic mass is 16.5. The Balaban J connectivity index is 1.44. The van der Waals surface area contributed by atoms with Gasteiger partial charge in [-0.2, -0.15) is 0 Å². The molecular weight excluding hydrogens is 244 g/mol. The van der Waals surface area contributed by atoms with E-state index < -0.39 is 0 Å². The Morgan fingerprint density at radius 2 is 1.50 bits per heavy atom. The third-order valence-corrected chi connectivity index (χ3v) is 3.40. The van der Waals surface area contributed by atoms with Crippen LogP contribution in [-0.2, 0) is 17.8 Å². The monoisotopic (exact) mass is 267 g/mol. The Kier molecular flexibility index (Phi) is 6.90. The molecular formula is C19H23O. The summed E-state index contributed by atoms with van der Waals surface area (Å²) in [7, 11) is 0. The van der Waals surface area contributed by atoms with Gasteiger partial charge in [0.15, 0.2) is 0 Å². The smallest absolute Gasteiger partial charge is 0.0716 e. The van der Waals surface area contributed by atoms with Gasteiger partial charge in [0.2, 0.25) is 0 Å². The predicted octanol–water partition coefficient (Wildman–Crippen LogP) is 4.81. The van der Waals surface area contributed by atoms with Gasteiger partial charge in [-0.3, -0.25) is 0 Å². The van der Waals surface area contributed by atoms with Crippen molar-refractivity contribution in [2.75, 3.05) is 6.61 Å². The standard InChI is InChI=1S/C19H23O/c1(5-11-18-12-6-3-7-13-18)2-10-16-20-17-19-14-8-4-9-15-19/h3,6-9,12-15H,1-2,5,10-11,16-17H2. The molecule has 2 aromatic carbocycles. The quantitative estimate of drug-likeness (QED) is 0.593. The van der Waals surface area contributed by atoms with E-state index in [4.69, 9.17) is 4.74 Å². The SMILES string of the molecule is [c]1ccc(COCCCCCCc2ccccc2)cc1. The van der Waals surface area contributed by atoms with Crippen LogP contribution in [0.1, 0.15) is 36.8 Å². The first-order valence-electron chi connectivity index (χ1n) is 7.52. The number of ether oxygens (including phenoxy) is 1. The summed E-state index contributed by atoms with van der Waals surface area (Å²) in [4.78, 5) is 0. The van der Waals surface area contributed by atoms with Gasteiger partial charge < -0.3 is 4.74 Å². The number of aryl methyl sites for hydroxylation is 1. The average Bonchev–Trinajstić information content (AvgIpc) is 2.52. The van der Waals surface area contributed by atoms with Crippen LogP contribution in [0, 0.1) is 6.07 Å². The average molecular weight is 267 g/mol. The minimum Gasteiger partial charge on any atom is -0.377 e. The molecule has 20 heavy (non-hydrogen) atoms. The lowest BCUT2D eigenvalue weighted by Gasteiger charge is -2.04. The third-order valence-electron chi connectivity index (χ3n) is 3.40. The molecule has 0 atom stereocenters. The summed E-state index contributed by atoms with van der Waals surface area (Å²) in [5, 5.41) is 0. The molecule has 0 aliphatic rings. The van der Waals surface area contributed by atoms with Crippen LogP contribution < -0.4 is 0 Å². The number of hydrogen-bond acceptors (Lipinski definition) is 1. The molecule has 0 aliphatic heterocycles. The van der Waals surface area contributed by atoms with Crippen LogP contribution in [0.15, 0.2) is 54.6 Å². The molecule has 0 amide bonds. The van der Waals surface area contributed by atoms with E-state index in [2.05, 4.69) is 48.5 Å². The van der Waals surface area contributed by atoms with E-state index in [1.165, 1.54) is 36.8 Å². The fourth-order valence-electron chi connectivity index (χ4n) is 2.24. The van der Waals surface area contributed by atoms with Crippen LogP contribution in [-0.4, -0.2) is 6.61 Å². The Bertz CT molecular complexity index is 404. The number of unbranched alkanes of at least 4 members (excludes halogenated alkanes) is 3. The molecule has 0 aliphatic carbocycles. The summed E-state index contributed by atoms with van der Waals surface area (Å²) in [5.41, 5.74) is 2.68. The molecule has 1 nitrogen and oxygen atoms in total. The molecule has 0 spiro atoms. The van der Waals surface area contributed by atoms with Gasteiger partial charge in [-0.05, 0) is 36.5 Å². The molecule has 0 N–H and O–H groups in total. The van der Waals surface area contributed by atoms with E-state index in [1.807, 2.05) is 12.1 Å². The van der Waals surface area contributed by atoms with Crippen molar-refractivity contribution >= 4 is 0 Å². The van der Waals surface area contributed by atoms with Crippen molar-refractivity contribution in [2.45, 2.75) is 38.7 Å². The van der Waals surface area contributed by atoms with Crippen molar-refractivity contribution in [3.63, 3.8) is 0 Å². The Morgan fingerprint density at radius 3 is 2.30 bits per heavy atom. The van der Waals surface area contributed by atoms with Crippen LogP contribution in [0.3, 0.4) is 0 Å². The summed E-state index contributed by atoms with van der Waals surface area (Å²) >= 11 is 0. The van der Waals surface area contributed by atoms with E-state index in [0.29, 0.717) is 0 Å². The van der Waals surface area contributed by atoms with Crippen molar-refractivity contribution in [3.05, 3.63) is 71.8 Å². The van der Waals surface area contributed by atoms with E-state index in [9.17, 15) is 0 Å². The molecule has 105 valence electrons. The highest BCUT2D eigenvalue weighted by molar-refractivity contribution is 5.14. The molecule has 0 bridgehead atoms. The second-order valence-corrected chi connectivity index (χ2v) is 5.11. The second kappa shape index (κ2) is 9.33. The summed E-state index contributed by atoms with van der Waals surface area (Å²) in [6.07, 6.45) is 6.18. The van der Waals surface area contributed by atoms with Gasteiger partial charge in [0.1, 0.15) is 0 Å². The van der Waals surface area contributed by atoms with Crippen LogP contribution in [0.5, 0.6) is 0 Å². The highest BCUT2D eigenvalue weighted by Gasteiger charge is 1.95. The molecule has 0 saturated heterocycles. The van der Waals surface area contributed by atoms with Crippen molar-refractivity contribution in [1.29, 1.82) is 0 Å². The fraction of sp³-hybridized carbons (Fsp3) is 0.368. The first kappa shape index (κ1) is 14.8. The lowest BCUT2D eigenvalue weighted by atomic mass is 10.1. The van der Waals surface area contributed by atoms with Crippen LogP contribution >= 0.6 is 0 Å². The Morgan fingerprint density at radius 1 is 0.750 bits per heavy atom. The molecule has 2 aromatic rings. The molecule has 0 unspecified atom stereocenters. The summed E-state index contributed by atoms with van der Waals surface area (Å²) in [5.74, 6) is 0. The van der Waals surface area contributed by atoms with Crippen molar-refractivity contribution < 1.29 is 4.74 Å². The first-order chi connectivity index (χ1) is 9.95. The van der Waals surface area contributed by atoms with E-state index >= 15 is 0 Å². The molecule has 0 heterocycles. The van der Waals surface area contributed by atoms with Crippen molar-refractivity contribution in [3.8, 4) is 0 Å².